The molecule has 24 heavy (non-hydrogen) atoms. The van der Waals surface area contributed by atoms with E-state index in [4.69, 9.17) is 0 Å². The number of rotatable bonds is 4. The third kappa shape index (κ3) is 3.51. The largest absolute Gasteiger partial charge is 0.365 e. The number of likely N-dealkylation sites (N-methyl/N-ethyl adjacent to an activating group) is 1. The number of benzene rings is 3. The maximum Gasteiger partial charge on any atom is 0.243 e. The predicted molar refractivity (Wildman–Crippen MR) is 92.2 cm³/mol. The van der Waals surface area contributed by atoms with Gasteiger partial charge in [-0.1, -0.05) is 30.3 Å². The summed E-state index contributed by atoms with van der Waals surface area (Å²) in [7, 11) is 1.77. The van der Waals surface area contributed by atoms with Crippen LogP contribution in [0.3, 0.4) is 0 Å². The van der Waals surface area contributed by atoms with Crippen molar-refractivity contribution in [3.05, 3.63) is 72.3 Å². The molecular weight excluding hydrogens is 310 g/mol. The molecule has 122 valence electrons. The molecule has 0 atom stereocenters. The highest BCUT2D eigenvalue weighted by molar-refractivity contribution is 5.94. The number of carbonyl (C=O) groups is 1. The molecule has 0 aliphatic carbocycles. The van der Waals surface area contributed by atoms with E-state index >= 15 is 0 Å². The van der Waals surface area contributed by atoms with Crippen molar-refractivity contribution >= 4 is 28.1 Å². The number of nitrogens with one attached hydrogen (secondary N) is 1. The molecule has 0 heterocycles. The molecule has 0 saturated carbocycles. The van der Waals surface area contributed by atoms with Crippen molar-refractivity contribution in [2.75, 3.05) is 23.8 Å². The van der Waals surface area contributed by atoms with Crippen molar-refractivity contribution in [3.63, 3.8) is 0 Å². The molecule has 1 amide bonds. The molecule has 0 aliphatic heterocycles. The Labute approximate surface area is 138 Å². The quantitative estimate of drug-likeness (QED) is 0.779. The van der Waals surface area contributed by atoms with Crippen LogP contribution in [0.15, 0.2) is 60.7 Å². The lowest BCUT2D eigenvalue weighted by atomic mass is 10.1. The zero-order chi connectivity index (χ0) is 17.1. The van der Waals surface area contributed by atoms with Gasteiger partial charge in [0.1, 0.15) is 11.6 Å². The van der Waals surface area contributed by atoms with E-state index < -0.39 is 17.5 Å². The third-order valence-electron chi connectivity index (χ3n) is 3.76. The van der Waals surface area contributed by atoms with Gasteiger partial charge in [0.25, 0.3) is 0 Å². The van der Waals surface area contributed by atoms with Crippen molar-refractivity contribution < 1.29 is 13.6 Å². The summed E-state index contributed by atoms with van der Waals surface area (Å²) in [6.07, 6.45) is 0. The molecule has 3 rings (SSSR count). The summed E-state index contributed by atoms with van der Waals surface area (Å²) in [5, 5.41) is 4.57. The van der Waals surface area contributed by atoms with Crippen LogP contribution in [-0.2, 0) is 4.79 Å². The number of carbonyl (C=O) groups excluding carboxylic acids is 1. The van der Waals surface area contributed by atoms with Gasteiger partial charge in [-0.05, 0) is 35.0 Å². The lowest BCUT2D eigenvalue weighted by Gasteiger charge is -2.19. The van der Waals surface area contributed by atoms with Gasteiger partial charge in [0.2, 0.25) is 5.91 Å². The van der Waals surface area contributed by atoms with Crippen molar-refractivity contribution in [1.82, 2.24) is 0 Å². The molecule has 3 aromatic carbocycles. The highest BCUT2D eigenvalue weighted by Crippen LogP contribution is 2.21. The van der Waals surface area contributed by atoms with Crippen LogP contribution in [0.2, 0.25) is 0 Å². The molecule has 0 aliphatic rings. The van der Waals surface area contributed by atoms with Crippen LogP contribution in [0.25, 0.3) is 10.8 Å². The highest BCUT2D eigenvalue weighted by atomic mass is 19.1. The average Bonchev–Trinajstić information content (AvgIpc) is 2.57. The van der Waals surface area contributed by atoms with E-state index in [1.54, 1.807) is 11.9 Å². The van der Waals surface area contributed by atoms with Crippen molar-refractivity contribution in [1.29, 1.82) is 0 Å². The average molecular weight is 326 g/mol. The fourth-order valence-electron chi connectivity index (χ4n) is 2.50. The van der Waals surface area contributed by atoms with Crippen molar-refractivity contribution in [3.8, 4) is 0 Å². The van der Waals surface area contributed by atoms with Crippen LogP contribution in [-0.4, -0.2) is 19.5 Å². The van der Waals surface area contributed by atoms with Gasteiger partial charge in [-0.15, -0.1) is 0 Å². The number of nitrogens with zero attached hydrogens (tertiary/aromatic N) is 1. The molecule has 1 N–H and O–H groups in total. The normalized spacial score (nSPS) is 10.6. The van der Waals surface area contributed by atoms with E-state index in [1.807, 2.05) is 42.5 Å². The van der Waals surface area contributed by atoms with Crippen molar-refractivity contribution in [2.45, 2.75) is 0 Å². The van der Waals surface area contributed by atoms with Crippen LogP contribution in [0, 0.1) is 11.6 Å². The van der Waals surface area contributed by atoms with E-state index in [1.165, 1.54) is 0 Å². The first-order valence-electron chi connectivity index (χ1n) is 7.48. The standard InChI is InChI=1S/C19H16F2N2O/c1-23(16-8-6-13-4-2-3-5-14(13)10-16)12-19(24)22-18-11-15(20)7-9-17(18)21/h2-11H,12H2,1H3,(H,22,24). The fraction of sp³-hybridized carbons (Fsp3) is 0.105. The van der Waals surface area contributed by atoms with Gasteiger partial charge < -0.3 is 10.2 Å². The van der Waals surface area contributed by atoms with Crippen LogP contribution in [0.1, 0.15) is 0 Å². The van der Waals surface area contributed by atoms with E-state index in [0.717, 1.165) is 34.7 Å². The predicted octanol–water partition coefficient (Wildman–Crippen LogP) is 4.19. The van der Waals surface area contributed by atoms with Gasteiger partial charge in [0.05, 0.1) is 12.2 Å². The molecular formula is C19H16F2N2O. The van der Waals surface area contributed by atoms with Gasteiger partial charge in [0, 0.05) is 18.8 Å². The Balaban J connectivity index is 1.72. The summed E-state index contributed by atoms with van der Waals surface area (Å²) in [5.41, 5.74) is 0.704. The SMILES string of the molecule is CN(CC(=O)Nc1cc(F)ccc1F)c1ccc2ccccc2c1. The second-order valence-electron chi connectivity index (χ2n) is 5.56. The third-order valence-corrected chi connectivity index (χ3v) is 3.76. The first-order valence-corrected chi connectivity index (χ1v) is 7.48. The summed E-state index contributed by atoms with van der Waals surface area (Å²) in [5.74, 6) is -1.69. The molecule has 5 heteroatoms. The molecule has 0 bridgehead atoms. The first kappa shape index (κ1) is 15.9. The van der Waals surface area contributed by atoms with Gasteiger partial charge in [-0.2, -0.15) is 0 Å². The van der Waals surface area contributed by atoms with Crippen LogP contribution >= 0.6 is 0 Å². The Morgan fingerprint density at radius 2 is 1.75 bits per heavy atom. The fourth-order valence-corrected chi connectivity index (χ4v) is 2.50. The minimum atomic E-state index is -0.668. The van der Waals surface area contributed by atoms with E-state index in [9.17, 15) is 13.6 Å². The van der Waals surface area contributed by atoms with E-state index in [2.05, 4.69) is 5.32 Å². The summed E-state index contributed by atoms with van der Waals surface area (Å²) < 4.78 is 26.7. The first-order chi connectivity index (χ1) is 11.5. The second-order valence-corrected chi connectivity index (χ2v) is 5.56. The topological polar surface area (TPSA) is 32.3 Å². The molecule has 0 unspecified atom stereocenters. The summed E-state index contributed by atoms with van der Waals surface area (Å²) in [4.78, 5) is 13.8. The number of halogens is 2. The zero-order valence-corrected chi connectivity index (χ0v) is 13.1. The van der Waals surface area contributed by atoms with E-state index in [-0.39, 0.29) is 12.2 Å². The molecule has 0 spiro atoms. The Morgan fingerprint density at radius 3 is 2.54 bits per heavy atom. The number of fused-ring (bicyclic) bond motifs is 1. The summed E-state index contributed by atoms with van der Waals surface area (Å²) >= 11 is 0. The molecule has 0 saturated heterocycles. The smallest absolute Gasteiger partial charge is 0.243 e. The number of amides is 1. The molecule has 3 aromatic rings. The Morgan fingerprint density at radius 1 is 1.00 bits per heavy atom. The van der Waals surface area contributed by atoms with Gasteiger partial charge in [-0.25, -0.2) is 8.78 Å². The Hall–Kier alpha value is -2.95. The molecule has 0 radical (unpaired) electrons. The number of hydrogen-bond acceptors (Lipinski definition) is 2. The Kier molecular flexibility index (Phi) is 4.42. The minimum absolute atomic E-state index is 0.0221. The van der Waals surface area contributed by atoms with Crippen LogP contribution < -0.4 is 10.2 Å². The lowest BCUT2D eigenvalue weighted by Crippen LogP contribution is -2.30. The lowest BCUT2D eigenvalue weighted by molar-refractivity contribution is -0.114. The highest BCUT2D eigenvalue weighted by Gasteiger charge is 2.11. The number of hydrogen-bond donors (Lipinski definition) is 1. The molecule has 3 nitrogen and oxygen atoms in total. The van der Waals surface area contributed by atoms with Gasteiger partial charge in [-0.3, -0.25) is 4.79 Å². The van der Waals surface area contributed by atoms with Crippen LogP contribution in [0.5, 0.6) is 0 Å². The maximum atomic E-state index is 13.6. The Bertz CT molecular complexity index is 895. The van der Waals surface area contributed by atoms with Gasteiger partial charge in [0.15, 0.2) is 0 Å². The molecule has 0 fully saturated rings. The molecule has 0 aromatic heterocycles. The van der Waals surface area contributed by atoms with Gasteiger partial charge >= 0.3 is 0 Å². The monoisotopic (exact) mass is 326 g/mol. The van der Waals surface area contributed by atoms with Crippen LogP contribution in [0.4, 0.5) is 20.2 Å². The maximum absolute atomic E-state index is 13.6. The summed E-state index contributed by atoms with van der Waals surface area (Å²) in [6, 6.07) is 16.7. The second kappa shape index (κ2) is 6.66. The zero-order valence-electron chi connectivity index (χ0n) is 13.1. The van der Waals surface area contributed by atoms with Crippen molar-refractivity contribution in [2.24, 2.45) is 0 Å². The minimum Gasteiger partial charge on any atom is -0.365 e. The number of anilines is 2. The summed E-state index contributed by atoms with van der Waals surface area (Å²) in [6.45, 7) is 0.0221. The van der Waals surface area contributed by atoms with E-state index in [0.29, 0.717) is 0 Å².